The van der Waals surface area contributed by atoms with Crippen LogP contribution in [0.15, 0.2) is 70.9 Å². The summed E-state index contributed by atoms with van der Waals surface area (Å²) in [5.74, 6) is 0.990. The number of anilines is 1. The molecular weight excluding hydrogens is 426 g/mol. The zero-order valence-corrected chi connectivity index (χ0v) is 18.8. The molecule has 0 aliphatic carbocycles. The monoisotopic (exact) mass is 449 g/mol. The molecule has 9 heteroatoms. The average molecular weight is 450 g/mol. The fourth-order valence-electron chi connectivity index (χ4n) is 3.26. The van der Waals surface area contributed by atoms with Gasteiger partial charge in [-0.05, 0) is 35.7 Å². The third-order valence-corrected chi connectivity index (χ3v) is 5.92. The normalized spacial score (nSPS) is 11.1. The molecule has 1 amide bonds. The molecule has 0 unspecified atom stereocenters. The number of carbonyl (C=O) groups excluding carboxylic acids is 1. The number of hydrogen-bond donors (Lipinski definition) is 1. The minimum absolute atomic E-state index is 0.141. The topological polar surface area (TPSA) is 90.5 Å². The Balaban J connectivity index is 1.49. The van der Waals surface area contributed by atoms with Crippen molar-refractivity contribution in [1.29, 1.82) is 0 Å². The zero-order chi connectivity index (χ0) is 22.7. The van der Waals surface area contributed by atoms with E-state index in [1.165, 1.54) is 21.9 Å². The maximum atomic E-state index is 13.0. The second-order valence-corrected chi connectivity index (χ2v) is 8.38. The number of para-hydroxylation sites is 2. The van der Waals surface area contributed by atoms with Crippen LogP contribution in [0.25, 0.3) is 11.3 Å². The standard InChI is InChI=1S/C23H23N5O3S/c1-15(2)16-8-10-17(11-9-16)24-20(29)14-32-23-26-25-21-22(30)27(12-13-28(21)23)18-6-4-5-7-19(18)31-3/h4-13,15H,14H2,1-3H3,(H,24,29). The largest absolute Gasteiger partial charge is 0.495 e. The highest BCUT2D eigenvalue weighted by atomic mass is 32.2. The molecule has 4 aromatic rings. The Morgan fingerprint density at radius 3 is 2.56 bits per heavy atom. The summed E-state index contributed by atoms with van der Waals surface area (Å²) in [4.78, 5) is 25.3. The van der Waals surface area contributed by atoms with Gasteiger partial charge in [0.1, 0.15) is 5.75 Å². The molecule has 4 rings (SSSR count). The van der Waals surface area contributed by atoms with E-state index in [-0.39, 0.29) is 22.9 Å². The predicted octanol–water partition coefficient (Wildman–Crippen LogP) is 3.74. The number of carbonyl (C=O) groups is 1. The lowest BCUT2D eigenvalue weighted by Gasteiger charge is -2.10. The van der Waals surface area contributed by atoms with E-state index >= 15 is 0 Å². The zero-order valence-electron chi connectivity index (χ0n) is 18.0. The van der Waals surface area contributed by atoms with Crippen molar-refractivity contribution < 1.29 is 9.53 Å². The molecule has 0 aliphatic rings. The summed E-state index contributed by atoms with van der Waals surface area (Å²) in [5.41, 5.74) is 2.41. The van der Waals surface area contributed by atoms with Crippen LogP contribution in [0, 0.1) is 0 Å². The van der Waals surface area contributed by atoms with E-state index in [2.05, 4.69) is 29.4 Å². The van der Waals surface area contributed by atoms with E-state index in [9.17, 15) is 9.59 Å². The second-order valence-electron chi connectivity index (χ2n) is 7.43. The van der Waals surface area contributed by atoms with Crippen molar-refractivity contribution in [2.24, 2.45) is 0 Å². The molecule has 0 spiro atoms. The van der Waals surface area contributed by atoms with Crippen LogP contribution in [0.3, 0.4) is 0 Å². The quantitative estimate of drug-likeness (QED) is 0.432. The number of thioether (sulfide) groups is 1. The Kier molecular flexibility index (Phi) is 6.27. The SMILES string of the molecule is COc1ccccc1-n1ccn2c(SCC(=O)Nc3ccc(C(C)C)cc3)nnc2c1=O. The molecular formula is C23H23N5O3S. The first-order chi connectivity index (χ1) is 15.5. The Morgan fingerprint density at radius 2 is 1.84 bits per heavy atom. The van der Waals surface area contributed by atoms with Gasteiger partial charge in [-0.15, -0.1) is 10.2 Å². The van der Waals surface area contributed by atoms with Crippen molar-refractivity contribution >= 4 is 29.0 Å². The summed E-state index contributed by atoms with van der Waals surface area (Å²) in [7, 11) is 1.55. The lowest BCUT2D eigenvalue weighted by atomic mass is 10.0. The smallest absolute Gasteiger partial charge is 0.300 e. The van der Waals surface area contributed by atoms with Crippen LogP contribution in [0.1, 0.15) is 25.3 Å². The van der Waals surface area contributed by atoms with Gasteiger partial charge in [0.2, 0.25) is 11.6 Å². The van der Waals surface area contributed by atoms with Gasteiger partial charge < -0.3 is 10.1 Å². The third-order valence-electron chi connectivity index (χ3n) is 4.98. The van der Waals surface area contributed by atoms with Crippen LogP contribution < -0.4 is 15.6 Å². The Morgan fingerprint density at radius 1 is 1.09 bits per heavy atom. The molecule has 1 N–H and O–H groups in total. The van der Waals surface area contributed by atoms with Gasteiger partial charge in [-0.1, -0.05) is 49.9 Å². The van der Waals surface area contributed by atoms with E-state index in [0.29, 0.717) is 22.5 Å². The van der Waals surface area contributed by atoms with E-state index < -0.39 is 0 Å². The molecule has 2 aromatic carbocycles. The minimum atomic E-state index is -0.328. The molecule has 0 aliphatic heterocycles. The number of amides is 1. The summed E-state index contributed by atoms with van der Waals surface area (Å²) in [6.45, 7) is 4.25. The van der Waals surface area contributed by atoms with Crippen molar-refractivity contribution in [3.05, 3.63) is 76.8 Å². The molecule has 0 atom stereocenters. The van der Waals surface area contributed by atoms with Crippen LogP contribution >= 0.6 is 11.8 Å². The fourth-order valence-corrected chi connectivity index (χ4v) is 3.98. The maximum Gasteiger partial charge on any atom is 0.300 e. The van der Waals surface area contributed by atoms with Gasteiger partial charge in [0.15, 0.2) is 5.16 Å². The summed E-state index contributed by atoms with van der Waals surface area (Å²) < 4.78 is 8.40. The minimum Gasteiger partial charge on any atom is -0.495 e. The van der Waals surface area contributed by atoms with Crippen molar-refractivity contribution in [1.82, 2.24) is 19.2 Å². The molecule has 0 radical (unpaired) electrons. The molecule has 8 nitrogen and oxygen atoms in total. The molecule has 0 fully saturated rings. The van der Waals surface area contributed by atoms with Crippen LogP contribution in [-0.2, 0) is 4.79 Å². The van der Waals surface area contributed by atoms with Gasteiger partial charge in [-0.3, -0.25) is 18.6 Å². The van der Waals surface area contributed by atoms with Crippen LogP contribution in [0.4, 0.5) is 5.69 Å². The maximum absolute atomic E-state index is 13.0. The van der Waals surface area contributed by atoms with E-state index in [0.717, 1.165) is 5.69 Å². The van der Waals surface area contributed by atoms with E-state index in [1.54, 1.807) is 36.0 Å². The van der Waals surface area contributed by atoms with Crippen LogP contribution in [0.2, 0.25) is 0 Å². The van der Waals surface area contributed by atoms with Crippen molar-refractivity contribution in [3.8, 4) is 11.4 Å². The van der Waals surface area contributed by atoms with Crippen molar-refractivity contribution in [2.75, 3.05) is 18.2 Å². The Hall–Kier alpha value is -3.59. The van der Waals surface area contributed by atoms with Gasteiger partial charge in [0.25, 0.3) is 0 Å². The highest BCUT2D eigenvalue weighted by Crippen LogP contribution is 2.22. The predicted molar refractivity (Wildman–Crippen MR) is 125 cm³/mol. The Bertz CT molecular complexity index is 1310. The molecule has 164 valence electrons. The number of methoxy groups -OCH3 is 1. The highest BCUT2D eigenvalue weighted by molar-refractivity contribution is 7.99. The number of ether oxygens (including phenoxy) is 1. The number of aromatic nitrogens is 4. The van der Waals surface area contributed by atoms with Crippen LogP contribution in [0.5, 0.6) is 5.75 Å². The molecule has 0 bridgehead atoms. The van der Waals surface area contributed by atoms with Crippen molar-refractivity contribution in [2.45, 2.75) is 24.9 Å². The number of benzene rings is 2. The summed E-state index contributed by atoms with van der Waals surface area (Å²) in [6, 6.07) is 15.0. The van der Waals surface area contributed by atoms with Gasteiger partial charge in [-0.2, -0.15) is 0 Å². The summed E-state index contributed by atoms with van der Waals surface area (Å²) >= 11 is 1.21. The van der Waals surface area contributed by atoms with Gasteiger partial charge in [0.05, 0.1) is 18.6 Å². The van der Waals surface area contributed by atoms with Gasteiger partial charge in [0, 0.05) is 18.1 Å². The number of nitrogens with one attached hydrogen (secondary N) is 1. The number of rotatable bonds is 7. The van der Waals surface area contributed by atoms with Crippen LogP contribution in [-0.4, -0.2) is 37.9 Å². The first kappa shape index (κ1) is 21.6. The number of nitrogens with zero attached hydrogens (tertiary/aromatic N) is 4. The van der Waals surface area contributed by atoms with Crippen molar-refractivity contribution in [3.63, 3.8) is 0 Å². The molecule has 32 heavy (non-hydrogen) atoms. The molecule has 2 heterocycles. The third kappa shape index (κ3) is 4.38. The molecule has 0 saturated carbocycles. The summed E-state index contributed by atoms with van der Waals surface area (Å²) in [6.07, 6.45) is 3.34. The highest BCUT2D eigenvalue weighted by Gasteiger charge is 2.15. The van der Waals surface area contributed by atoms with E-state index in [1.807, 2.05) is 36.4 Å². The Labute approximate surface area is 189 Å². The second kappa shape index (κ2) is 9.27. The first-order valence-corrected chi connectivity index (χ1v) is 11.1. The molecule has 0 saturated heterocycles. The van der Waals surface area contributed by atoms with E-state index in [4.69, 9.17) is 4.74 Å². The van der Waals surface area contributed by atoms with Gasteiger partial charge in [-0.25, -0.2) is 0 Å². The fraction of sp³-hybridized carbons (Fsp3) is 0.217. The lowest BCUT2D eigenvalue weighted by Crippen LogP contribution is -2.20. The number of hydrogen-bond acceptors (Lipinski definition) is 6. The van der Waals surface area contributed by atoms with Gasteiger partial charge >= 0.3 is 5.56 Å². The first-order valence-electron chi connectivity index (χ1n) is 10.1. The lowest BCUT2D eigenvalue weighted by molar-refractivity contribution is -0.113. The average Bonchev–Trinajstić information content (AvgIpc) is 3.22. The molecule has 2 aromatic heterocycles. The number of fused-ring (bicyclic) bond motifs is 1. The summed E-state index contributed by atoms with van der Waals surface area (Å²) in [5, 5.41) is 11.5.